The molecule has 0 radical (unpaired) electrons. The molecule has 12 heteroatoms. The third kappa shape index (κ3) is 9.19. The molecule has 0 atom stereocenters. The van der Waals surface area contributed by atoms with Crippen LogP contribution in [-0.2, 0) is 30.7 Å². The van der Waals surface area contributed by atoms with Gasteiger partial charge in [0.05, 0.1) is 77.1 Å². The van der Waals surface area contributed by atoms with Crippen molar-refractivity contribution in [1.82, 2.24) is 4.57 Å². The standard InChI is InChI=1S/C26H33NO8.3H2O/c1-27-24-4-2-20-18-22(24)26(28)23-19-21(3-5-25(23)27)35-17-15-33-13-11-31-9-7-29-6-8-30-10-12-32-14-16-34-20;;;/h2-5,18-19H,6-17H2,1H3;3*1H2. The lowest BCUT2D eigenvalue weighted by atomic mass is 10.1. The van der Waals surface area contributed by atoms with Gasteiger partial charge in [0.2, 0.25) is 0 Å². The quantitative estimate of drug-likeness (QED) is 0.358. The van der Waals surface area contributed by atoms with Gasteiger partial charge in [-0.25, -0.2) is 0 Å². The van der Waals surface area contributed by atoms with Crippen LogP contribution >= 0.6 is 0 Å². The fourth-order valence-electron chi connectivity index (χ4n) is 3.85. The number of aromatic nitrogens is 1. The summed E-state index contributed by atoms with van der Waals surface area (Å²) in [6.07, 6.45) is 0. The maximum absolute atomic E-state index is 13.3. The largest absolute Gasteiger partial charge is 0.491 e. The Bertz CT molecular complexity index is 1070. The van der Waals surface area contributed by atoms with Gasteiger partial charge >= 0.3 is 0 Å². The number of ether oxygens (including phenoxy) is 7. The number of hydrogen-bond acceptors (Lipinski definition) is 8. The minimum atomic E-state index is -0.0591. The molecular weight excluding hydrogens is 502 g/mol. The highest BCUT2D eigenvalue weighted by Gasteiger charge is 2.11. The Labute approximate surface area is 220 Å². The molecule has 4 rings (SSSR count). The Balaban J connectivity index is 0.00000241. The van der Waals surface area contributed by atoms with Crippen LogP contribution in [0.3, 0.4) is 0 Å². The fourth-order valence-corrected chi connectivity index (χ4v) is 3.85. The lowest BCUT2D eigenvalue weighted by molar-refractivity contribution is -0.0141. The SMILES string of the molecule is Cn1c2ccc3cc2c(=O)c2cc(ccc21)OCCOCCOCCOCCOCCOCCO3.O.O.O. The van der Waals surface area contributed by atoms with Gasteiger partial charge in [-0.3, -0.25) is 4.79 Å². The molecule has 214 valence electrons. The summed E-state index contributed by atoms with van der Waals surface area (Å²) in [6, 6.07) is 11.1. The van der Waals surface area contributed by atoms with E-state index < -0.39 is 0 Å². The molecule has 12 nitrogen and oxygen atoms in total. The molecule has 6 N–H and O–H groups in total. The monoisotopic (exact) mass is 541 g/mol. The zero-order valence-corrected chi connectivity index (χ0v) is 21.7. The Morgan fingerprint density at radius 1 is 0.526 bits per heavy atom. The first kappa shape index (κ1) is 33.2. The zero-order valence-electron chi connectivity index (χ0n) is 21.7. The van der Waals surface area contributed by atoms with Crippen molar-refractivity contribution in [3.05, 3.63) is 46.6 Å². The summed E-state index contributed by atoms with van der Waals surface area (Å²) >= 11 is 0. The van der Waals surface area contributed by atoms with E-state index in [1.165, 1.54) is 0 Å². The van der Waals surface area contributed by atoms with E-state index >= 15 is 0 Å². The van der Waals surface area contributed by atoms with Crippen LogP contribution in [0.2, 0.25) is 0 Å². The van der Waals surface area contributed by atoms with Crippen molar-refractivity contribution in [3.63, 3.8) is 0 Å². The topological polar surface area (TPSA) is 181 Å². The average Bonchev–Trinajstić information content (AvgIpc) is 2.88. The normalized spacial score (nSPS) is 16.8. The van der Waals surface area contributed by atoms with Gasteiger partial charge in [0.1, 0.15) is 24.7 Å². The smallest absolute Gasteiger partial charge is 0.197 e. The lowest BCUT2D eigenvalue weighted by Gasteiger charge is -2.14. The van der Waals surface area contributed by atoms with E-state index in [0.717, 1.165) is 11.0 Å². The maximum atomic E-state index is 13.3. The lowest BCUT2D eigenvalue weighted by Crippen LogP contribution is -2.15. The number of pyridine rings is 1. The molecule has 0 fully saturated rings. The second-order valence-corrected chi connectivity index (χ2v) is 8.00. The predicted molar refractivity (Wildman–Crippen MR) is 143 cm³/mol. The number of fused-ring (bicyclic) bond motifs is 2. The number of rotatable bonds is 0. The van der Waals surface area contributed by atoms with Crippen LogP contribution in [0.25, 0.3) is 21.8 Å². The first-order valence-corrected chi connectivity index (χ1v) is 11.9. The molecular formula is C26H39NO11. The van der Waals surface area contributed by atoms with E-state index in [1.54, 1.807) is 12.1 Å². The van der Waals surface area contributed by atoms with Crippen molar-refractivity contribution < 1.29 is 49.6 Å². The highest BCUT2D eigenvalue weighted by molar-refractivity contribution is 5.94. The van der Waals surface area contributed by atoms with Gasteiger partial charge in [-0.1, -0.05) is 0 Å². The van der Waals surface area contributed by atoms with Crippen molar-refractivity contribution >= 4 is 21.8 Å². The van der Waals surface area contributed by atoms with Crippen molar-refractivity contribution in [3.8, 4) is 11.5 Å². The molecule has 4 bridgehead atoms. The summed E-state index contributed by atoms with van der Waals surface area (Å²) in [7, 11) is 1.95. The van der Waals surface area contributed by atoms with Crippen LogP contribution in [-0.4, -0.2) is 100 Å². The zero-order chi connectivity index (χ0) is 24.3. The molecule has 38 heavy (non-hydrogen) atoms. The van der Waals surface area contributed by atoms with E-state index in [-0.39, 0.29) is 21.9 Å². The molecule has 0 spiro atoms. The molecule has 2 aromatic carbocycles. The predicted octanol–water partition coefficient (Wildman–Crippen LogP) is 0.0718. The highest BCUT2D eigenvalue weighted by Crippen LogP contribution is 2.25. The molecule has 3 aromatic rings. The van der Waals surface area contributed by atoms with Crippen LogP contribution in [0, 0.1) is 0 Å². The maximum Gasteiger partial charge on any atom is 0.197 e. The molecule has 0 saturated heterocycles. The van der Waals surface area contributed by atoms with Crippen molar-refractivity contribution in [2.24, 2.45) is 7.05 Å². The van der Waals surface area contributed by atoms with E-state index in [4.69, 9.17) is 33.2 Å². The van der Waals surface area contributed by atoms with Crippen molar-refractivity contribution in [2.45, 2.75) is 0 Å². The molecule has 1 aliphatic heterocycles. The molecule has 2 heterocycles. The van der Waals surface area contributed by atoms with Crippen LogP contribution in [0.4, 0.5) is 0 Å². The summed E-state index contributed by atoms with van der Waals surface area (Å²) in [5.41, 5.74) is 1.62. The van der Waals surface area contributed by atoms with E-state index in [0.29, 0.717) is 102 Å². The summed E-state index contributed by atoms with van der Waals surface area (Å²) in [4.78, 5) is 13.3. The second-order valence-electron chi connectivity index (χ2n) is 8.00. The number of aryl methyl sites for hydroxylation is 1. The van der Waals surface area contributed by atoms with Gasteiger partial charge in [-0.05, 0) is 36.4 Å². The van der Waals surface area contributed by atoms with Gasteiger partial charge in [0, 0.05) is 17.8 Å². The number of benzene rings is 2. The minimum Gasteiger partial charge on any atom is -0.491 e. The summed E-state index contributed by atoms with van der Waals surface area (Å²) in [5.74, 6) is 1.25. The Hall–Kier alpha value is -2.81. The van der Waals surface area contributed by atoms with Gasteiger partial charge in [-0.15, -0.1) is 0 Å². The summed E-state index contributed by atoms with van der Waals surface area (Å²) in [6.45, 7) is 5.56. The van der Waals surface area contributed by atoms with Crippen LogP contribution < -0.4 is 14.9 Å². The second kappa shape index (κ2) is 17.7. The number of hydrogen-bond donors (Lipinski definition) is 0. The Kier molecular flexibility index (Phi) is 15.4. The molecule has 0 saturated carbocycles. The van der Waals surface area contributed by atoms with Crippen LogP contribution in [0.15, 0.2) is 41.2 Å². The van der Waals surface area contributed by atoms with E-state index in [1.807, 2.05) is 35.9 Å². The molecule has 1 aromatic heterocycles. The Morgan fingerprint density at radius 2 is 0.842 bits per heavy atom. The molecule has 0 unspecified atom stereocenters. The molecule has 0 aliphatic carbocycles. The average molecular weight is 542 g/mol. The Morgan fingerprint density at radius 3 is 1.18 bits per heavy atom. The third-order valence-electron chi connectivity index (χ3n) is 5.63. The number of nitrogens with zero attached hydrogens (tertiary/aromatic N) is 1. The van der Waals surface area contributed by atoms with Gasteiger partial charge in [0.15, 0.2) is 5.43 Å². The minimum absolute atomic E-state index is 0. The first-order valence-electron chi connectivity index (χ1n) is 11.9. The first-order chi connectivity index (χ1) is 17.2. The van der Waals surface area contributed by atoms with Gasteiger partial charge in [0.25, 0.3) is 0 Å². The third-order valence-corrected chi connectivity index (χ3v) is 5.63. The summed E-state index contributed by atoms with van der Waals surface area (Å²) in [5, 5.41) is 1.19. The van der Waals surface area contributed by atoms with Crippen molar-refractivity contribution in [1.29, 1.82) is 0 Å². The van der Waals surface area contributed by atoms with Gasteiger partial charge in [-0.2, -0.15) is 0 Å². The van der Waals surface area contributed by atoms with Crippen molar-refractivity contribution in [2.75, 3.05) is 79.3 Å². The molecule has 1 aliphatic rings. The van der Waals surface area contributed by atoms with Gasteiger partial charge < -0.3 is 54.2 Å². The van der Waals surface area contributed by atoms with Crippen LogP contribution in [0.5, 0.6) is 11.5 Å². The highest BCUT2D eigenvalue weighted by atomic mass is 16.6. The van der Waals surface area contributed by atoms with Crippen LogP contribution in [0.1, 0.15) is 0 Å². The molecule has 0 amide bonds. The fraction of sp³-hybridized carbons (Fsp3) is 0.500. The summed E-state index contributed by atoms with van der Waals surface area (Å²) < 4.78 is 41.2. The van der Waals surface area contributed by atoms with E-state index in [9.17, 15) is 4.79 Å². The van der Waals surface area contributed by atoms with E-state index in [2.05, 4.69) is 0 Å².